The zero-order chi connectivity index (χ0) is 18.3. The van der Waals surface area contributed by atoms with E-state index in [-0.39, 0.29) is 24.3 Å². The highest BCUT2D eigenvalue weighted by molar-refractivity contribution is 5.76. The number of hydrogen-bond donors (Lipinski definition) is 0. The molecule has 4 rings (SSSR count). The van der Waals surface area contributed by atoms with Gasteiger partial charge < -0.3 is 14.2 Å². The van der Waals surface area contributed by atoms with Crippen LogP contribution >= 0.6 is 0 Å². The van der Waals surface area contributed by atoms with Gasteiger partial charge in [-0.1, -0.05) is 5.16 Å². The molecule has 2 aromatic heterocycles. The summed E-state index contributed by atoms with van der Waals surface area (Å²) in [5, 5.41) is 8.51. The van der Waals surface area contributed by atoms with Crippen molar-refractivity contribution < 1.29 is 14.1 Å². The average molecular weight is 359 g/mol. The Morgan fingerprint density at radius 2 is 2.15 bits per heavy atom. The normalized spacial score (nSPS) is 23.0. The van der Waals surface area contributed by atoms with Gasteiger partial charge in [-0.2, -0.15) is 10.1 Å². The molecule has 26 heavy (non-hydrogen) atoms. The predicted molar refractivity (Wildman–Crippen MR) is 92.7 cm³/mol. The molecule has 1 amide bonds. The van der Waals surface area contributed by atoms with E-state index in [1.807, 2.05) is 24.8 Å². The Bertz CT molecular complexity index is 795. The number of amides is 1. The Morgan fingerprint density at radius 3 is 2.81 bits per heavy atom. The summed E-state index contributed by atoms with van der Waals surface area (Å²) in [7, 11) is 1.68. The number of rotatable bonds is 6. The minimum absolute atomic E-state index is 0.0272. The lowest BCUT2D eigenvalue weighted by molar-refractivity contribution is -0.131. The van der Waals surface area contributed by atoms with Crippen LogP contribution in [0.2, 0.25) is 0 Å². The van der Waals surface area contributed by atoms with Crippen LogP contribution in [0.5, 0.6) is 0 Å². The van der Waals surface area contributed by atoms with E-state index < -0.39 is 0 Å². The number of hydrogen-bond acceptors (Lipinski definition) is 6. The van der Waals surface area contributed by atoms with Crippen molar-refractivity contribution in [2.24, 2.45) is 5.92 Å². The molecular weight excluding hydrogens is 334 g/mol. The molecule has 140 valence electrons. The van der Waals surface area contributed by atoms with Gasteiger partial charge in [-0.3, -0.25) is 9.48 Å². The number of ether oxygens (including phenoxy) is 1. The molecule has 0 spiro atoms. The molecule has 2 atom stereocenters. The maximum absolute atomic E-state index is 12.8. The van der Waals surface area contributed by atoms with E-state index in [0.717, 1.165) is 30.1 Å². The molecule has 0 N–H and O–H groups in total. The highest BCUT2D eigenvalue weighted by Crippen LogP contribution is 2.40. The largest absolute Gasteiger partial charge is 0.384 e. The summed E-state index contributed by atoms with van der Waals surface area (Å²) in [6.07, 6.45) is 2.27. The fourth-order valence-corrected chi connectivity index (χ4v) is 3.71. The molecule has 0 radical (unpaired) electrons. The summed E-state index contributed by atoms with van der Waals surface area (Å²) < 4.78 is 12.6. The van der Waals surface area contributed by atoms with Gasteiger partial charge in [0, 0.05) is 37.7 Å². The molecular formula is C18H25N5O3. The van der Waals surface area contributed by atoms with Crippen molar-refractivity contribution in [3.63, 3.8) is 0 Å². The van der Waals surface area contributed by atoms with Crippen molar-refractivity contribution in [2.75, 3.05) is 26.8 Å². The molecule has 1 aliphatic heterocycles. The van der Waals surface area contributed by atoms with E-state index in [1.54, 1.807) is 11.8 Å². The van der Waals surface area contributed by atoms with E-state index >= 15 is 0 Å². The molecule has 1 saturated carbocycles. The second-order valence-electron chi connectivity index (χ2n) is 7.47. The Kier molecular flexibility index (Phi) is 4.52. The van der Waals surface area contributed by atoms with Crippen molar-refractivity contribution in [3.05, 3.63) is 29.2 Å². The molecule has 8 nitrogen and oxygen atoms in total. The number of nitrogens with zero attached hydrogens (tertiary/aromatic N) is 5. The minimum Gasteiger partial charge on any atom is -0.384 e. The number of carbonyl (C=O) groups is 1. The summed E-state index contributed by atoms with van der Waals surface area (Å²) in [5.74, 6) is 2.15. The maximum Gasteiger partial charge on any atom is 0.244 e. The van der Waals surface area contributed by atoms with Gasteiger partial charge in [0.2, 0.25) is 11.8 Å². The van der Waals surface area contributed by atoms with Gasteiger partial charge in [-0.25, -0.2) is 0 Å². The fourth-order valence-electron chi connectivity index (χ4n) is 3.71. The van der Waals surface area contributed by atoms with Gasteiger partial charge in [0.1, 0.15) is 6.54 Å². The Balaban J connectivity index is 1.47. The third-order valence-corrected chi connectivity index (χ3v) is 5.28. The second-order valence-corrected chi connectivity index (χ2v) is 7.47. The molecule has 0 unspecified atom stereocenters. The summed E-state index contributed by atoms with van der Waals surface area (Å²) in [6.45, 7) is 5.93. The molecule has 0 aromatic carbocycles. The number of aromatic nitrogens is 4. The minimum atomic E-state index is 0.0272. The zero-order valence-electron chi connectivity index (χ0n) is 15.5. The van der Waals surface area contributed by atoms with Crippen LogP contribution in [0.4, 0.5) is 0 Å². The third-order valence-electron chi connectivity index (χ3n) is 5.28. The summed E-state index contributed by atoms with van der Waals surface area (Å²) in [6, 6.07) is 1.98. The first kappa shape index (κ1) is 17.2. The molecule has 1 saturated heterocycles. The van der Waals surface area contributed by atoms with Crippen LogP contribution in [-0.2, 0) is 16.1 Å². The smallest absolute Gasteiger partial charge is 0.244 e. The van der Waals surface area contributed by atoms with Gasteiger partial charge in [-0.05, 0) is 32.8 Å². The van der Waals surface area contributed by atoms with Gasteiger partial charge >= 0.3 is 0 Å². The lowest BCUT2D eigenvalue weighted by Gasteiger charge is -2.16. The van der Waals surface area contributed by atoms with Gasteiger partial charge in [0.05, 0.1) is 18.2 Å². The fraction of sp³-hybridized carbons (Fsp3) is 0.667. The molecule has 0 bridgehead atoms. The Labute approximate surface area is 152 Å². The van der Waals surface area contributed by atoms with Crippen LogP contribution < -0.4 is 0 Å². The van der Waals surface area contributed by atoms with Crippen LogP contribution in [0.1, 0.15) is 47.8 Å². The van der Waals surface area contributed by atoms with E-state index in [9.17, 15) is 4.79 Å². The molecule has 8 heteroatoms. The quantitative estimate of drug-likeness (QED) is 0.779. The third kappa shape index (κ3) is 3.38. The Morgan fingerprint density at radius 1 is 1.35 bits per heavy atom. The van der Waals surface area contributed by atoms with Gasteiger partial charge in [0.25, 0.3) is 0 Å². The Hall–Kier alpha value is -2.22. The highest BCUT2D eigenvalue weighted by Gasteiger charge is 2.40. The number of aryl methyl sites for hydroxylation is 2. The summed E-state index contributed by atoms with van der Waals surface area (Å²) >= 11 is 0. The van der Waals surface area contributed by atoms with Crippen LogP contribution in [0.3, 0.4) is 0 Å². The zero-order valence-corrected chi connectivity index (χ0v) is 15.5. The van der Waals surface area contributed by atoms with E-state index in [1.165, 1.54) is 0 Å². The molecule has 3 heterocycles. The predicted octanol–water partition coefficient (Wildman–Crippen LogP) is 1.65. The molecule has 1 aliphatic carbocycles. The van der Waals surface area contributed by atoms with E-state index in [0.29, 0.717) is 31.5 Å². The van der Waals surface area contributed by atoms with Gasteiger partial charge in [-0.15, -0.1) is 0 Å². The average Bonchev–Trinajstić information content (AvgIpc) is 3.04. The van der Waals surface area contributed by atoms with Crippen LogP contribution in [-0.4, -0.2) is 57.5 Å². The summed E-state index contributed by atoms with van der Waals surface area (Å²) in [4.78, 5) is 19.2. The van der Waals surface area contributed by atoms with E-state index in [2.05, 4.69) is 15.2 Å². The van der Waals surface area contributed by atoms with Crippen molar-refractivity contribution >= 4 is 5.91 Å². The van der Waals surface area contributed by atoms with Crippen LogP contribution in [0, 0.1) is 19.8 Å². The van der Waals surface area contributed by atoms with Crippen molar-refractivity contribution in [3.8, 4) is 0 Å². The first-order valence-corrected chi connectivity index (χ1v) is 9.16. The molecule has 2 fully saturated rings. The maximum atomic E-state index is 12.8. The van der Waals surface area contributed by atoms with Crippen LogP contribution in [0.15, 0.2) is 10.6 Å². The molecule has 2 aromatic rings. The van der Waals surface area contributed by atoms with Crippen molar-refractivity contribution in [1.82, 2.24) is 24.8 Å². The summed E-state index contributed by atoms with van der Waals surface area (Å²) in [5.41, 5.74) is 1.91. The lowest BCUT2D eigenvalue weighted by Crippen LogP contribution is -2.33. The number of carbonyl (C=O) groups excluding carboxylic acids is 1. The second kappa shape index (κ2) is 6.83. The number of likely N-dealkylation sites (tertiary alicyclic amines) is 1. The monoisotopic (exact) mass is 359 g/mol. The number of methoxy groups -OCH3 is 1. The van der Waals surface area contributed by atoms with Crippen molar-refractivity contribution in [1.29, 1.82) is 0 Å². The standard InChI is InChI=1S/C18H25N5O3/c1-11-6-12(2)23(20-11)9-16(24)22-7-14(10-25-3)15(8-22)18-19-17(21-26-18)13-4-5-13/h6,13-15H,4-5,7-10H2,1-3H3/t14-,15+/m0/s1. The van der Waals surface area contributed by atoms with E-state index in [4.69, 9.17) is 9.26 Å². The highest BCUT2D eigenvalue weighted by atomic mass is 16.5. The van der Waals surface area contributed by atoms with Gasteiger partial charge in [0.15, 0.2) is 5.82 Å². The SMILES string of the molecule is COC[C@@H]1CN(C(=O)Cn2nc(C)cc2C)C[C@H]1c1nc(C2CC2)no1. The first-order valence-electron chi connectivity index (χ1n) is 9.16. The molecule has 2 aliphatic rings. The van der Waals surface area contributed by atoms with Crippen LogP contribution in [0.25, 0.3) is 0 Å². The van der Waals surface area contributed by atoms with Crippen molar-refractivity contribution in [2.45, 2.75) is 45.1 Å². The first-order chi connectivity index (χ1) is 12.5. The lowest BCUT2D eigenvalue weighted by atomic mass is 9.97. The topological polar surface area (TPSA) is 86.3 Å².